The molecule has 1 aromatic carbocycles. The van der Waals surface area contributed by atoms with Gasteiger partial charge in [0.2, 0.25) is 0 Å². The van der Waals surface area contributed by atoms with Crippen LogP contribution in [0.1, 0.15) is 18.5 Å². The molecule has 2 aromatic rings. The van der Waals surface area contributed by atoms with Gasteiger partial charge in [-0.25, -0.2) is 4.98 Å². The Labute approximate surface area is 104 Å². The molecule has 0 aliphatic heterocycles. The Morgan fingerprint density at radius 1 is 1.19 bits per heavy atom. The summed E-state index contributed by atoms with van der Waals surface area (Å²) in [6, 6.07) is 14.5. The van der Waals surface area contributed by atoms with Gasteiger partial charge < -0.3 is 5.32 Å². The maximum atomic E-state index is 4.26. The van der Waals surface area contributed by atoms with Crippen molar-refractivity contribution < 1.29 is 0 Å². The topological polar surface area (TPSA) is 24.9 Å². The average Bonchev–Trinajstić information content (AvgIpc) is 2.30. The fourth-order valence-corrected chi connectivity index (χ4v) is 1.87. The van der Waals surface area contributed by atoms with E-state index in [2.05, 4.69) is 45.3 Å². The van der Waals surface area contributed by atoms with Crippen molar-refractivity contribution in [2.24, 2.45) is 0 Å². The first-order valence-corrected chi connectivity index (χ1v) is 5.98. The first kappa shape index (κ1) is 11.1. The highest BCUT2D eigenvalue weighted by atomic mass is 79.9. The van der Waals surface area contributed by atoms with Crippen molar-refractivity contribution in [2.75, 3.05) is 5.32 Å². The fourth-order valence-electron chi connectivity index (χ4n) is 1.53. The quantitative estimate of drug-likeness (QED) is 0.916. The minimum Gasteiger partial charge on any atom is -0.364 e. The predicted molar refractivity (Wildman–Crippen MR) is 70.4 cm³/mol. The van der Waals surface area contributed by atoms with Gasteiger partial charge in [0.05, 0.1) is 0 Å². The third kappa shape index (κ3) is 2.83. The Kier molecular flexibility index (Phi) is 3.57. The molecule has 3 heteroatoms. The van der Waals surface area contributed by atoms with Gasteiger partial charge >= 0.3 is 0 Å². The van der Waals surface area contributed by atoms with Crippen LogP contribution in [0.25, 0.3) is 0 Å². The summed E-state index contributed by atoms with van der Waals surface area (Å²) in [6.07, 6.45) is 1.78. The van der Waals surface area contributed by atoms with E-state index in [1.165, 1.54) is 5.56 Å². The summed E-state index contributed by atoms with van der Waals surface area (Å²) in [4.78, 5) is 4.26. The highest BCUT2D eigenvalue weighted by Crippen LogP contribution is 2.19. The summed E-state index contributed by atoms with van der Waals surface area (Å²) in [6.45, 7) is 2.12. The van der Waals surface area contributed by atoms with E-state index < -0.39 is 0 Å². The lowest BCUT2D eigenvalue weighted by atomic mass is 10.1. The Bertz CT molecular complexity index is 456. The van der Waals surface area contributed by atoms with E-state index in [0.29, 0.717) is 0 Å². The molecule has 0 saturated carbocycles. The number of rotatable bonds is 3. The van der Waals surface area contributed by atoms with Crippen molar-refractivity contribution in [3.05, 3.63) is 58.7 Å². The Morgan fingerprint density at radius 3 is 2.62 bits per heavy atom. The molecule has 1 aromatic heterocycles. The van der Waals surface area contributed by atoms with Gasteiger partial charge in [0.25, 0.3) is 0 Å². The monoisotopic (exact) mass is 276 g/mol. The maximum Gasteiger partial charge on any atom is 0.127 e. The molecule has 0 amide bonds. The van der Waals surface area contributed by atoms with Crippen LogP contribution < -0.4 is 5.32 Å². The van der Waals surface area contributed by atoms with Gasteiger partial charge in [0.15, 0.2) is 0 Å². The molecule has 0 saturated heterocycles. The Balaban J connectivity index is 2.11. The second-order valence-corrected chi connectivity index (χ2v) is 4.55. The third-order valence-electron chi connectivity index (χ3n) is 2.39. The largest absolute Gasteiger partial charge is 0.364 e. The summed E-state index contributed by atoms with van der Waals surface area (Å²) in [5.74, 6) is 0.880. The number of hydrogen-bond acceptors (Lipinski definition) is 2. The number of nitrogens with one attached hydrogen (secondary N) is 1. The summed E-state index contributed by atoms with van der Waals surface area (Å²) in [5.41, 5.74) is 1.25. The van der Waals surface area contributed by atoms with Crippen LogP contribution in [0.15, 0.2) is 53.1 Å². The van der Waals surface area contributed by atoms with Gasteiger partial charge in [-0.2, -0.15) is 0 Å². The maximum absolute atomic E-state index is 4.26. The molecule has 1 atom stereocenters. The molecule has 0 bridgehead atoms. The molecule has 1 N–H and O–H groups in total. The smallest absolute Gasteiger partial charge is 0.127 e. The molecule has 16 heavy (non-hydrogen) atoms. The van der Waals surface area contributed by atoms with Crippen LogP contribution >= 0.6 is 15.9 Å². The van der Waals surface area contributed by atoms with Crippen LogP contribution in [0.4, 0.5) is 5.82 Å². The van der Waals surface area contributed by atoms with Crippen molar-refractivity contribution in [2.45, 2.75) is 13.0 Å². The van der Waals surface area contributed by atoms with E-state index in [-0.39, 0.29) is 6.04 Å². The van der Waals surface area contributed by atoms with Crippen LogP contribution in [0.5, 0.6) is 0 Å². The highest BCUT2D eigenvalue weighted by molar-refractivity contribution is 9.10. The molecule has 2 rings (SSSR count). The lowest BCUT2D eigenvalue weighted by molar-refractivity contribution is 0.874. The third-order valence-corrected chi connectivity index (χ3v) is 2.88. The average molecular weight is 277 g/mol. The second kappa shape index (κ2) is 5.12. The van der Waals surface area contributed by atoms with Gasteiger partial charge in [0.1, 0.15) is 5.82 Å². The van der Waals surface area contributed by atoms with Crippen molar-refractivity contribution in [3.8, 4) is 0 Å². The van der Waals surface area contributed by atoms with E-state index >= 15 is 0 Å². The number of halogens is 1. The van der Waals surface area contributed by atoms with Crippen LogP contribution in [0, 0.1) is 0 Å². The summed E-state index contributed by atoms with van der Waals surface area (Å²) >= 11 is 3.43. The van der Waals surface area contributed by atoms with Crippen molar-refractivity contribution >= 4 is 21.7 Å². The van der Waals surface area contributed by atoms with Crippen LogP contribution in [0.3, 0.4) is 0 Å². The normalized spacial score (nSPS) is 12.1. The molecule has 0 fully saturated rings. The lowest BCUT2D eigenvalue weighted by Crippen LogP contribution is -2.07. The molecule has 0 spiro atoms. The van der Waals surface area contributed by atoms with Gasteiger partial charge in [-0.15, -0.1) is 0 Å². The first-order chi connectivity index (χ1) is 7.75. The number of anilines is 1. The van der Waals surface area contributed by atoms with E-state index in [1.807, 2.05) is 30.3 Å². The van der Waals surface area contributed by atoms with Gasteiger partial charge in [0, 0.05) is 16.7 Å². The fraction of sp³-hybridized carbons (Fsp3) is 0.154. The molecule has 0 radical (unpaired) electrons. The summed E-state index contributed by atoms with van der Waals surface area (Å²) < 4.78 is 1.03. The SMILES string of the molecule is CC(Nc1cc(Br)ccn1)c1ccccc1. The molecular formula is C13H13BrN2. The minimum absolute atomic E-state index is 0.253. The zero-order valence-electron chi connectivity index (χ0n) is 9.02. The van der Waals surface area contributed by atoms with Crippen molar-refractivity contribution in [1.29, 1.82) is 0 Å². The Hall–Kier alpha value is -1.35. The zero-order valence-corrected chi connectivity index (χ0v) is 10.6. The van der Waals surface area contributed by atoms with Crippen molar-refractivity contribution in [1.82, 2.24) is 4.98 Å². The molecule has 82 valence electrons. The summed E-state index contributed by atoms with van der Waals surface area (Å²) in [7, 11) is 0. The molecule has 1 unspecified atom stereocenters. The standard InChI is InChI=1S/C13H13BrN2/c1-10(11-5-3-2-4-6-11)16-13-9-12(14)7-8-15-13/h2-10H,1H3,(H,15,16). The lowest BCUT2D eigenvalue weighted by Gasteiger charge is -2.14. The minimum atomic E-state index is 0.253. The Morgan fingerprint density at radius 2 is 1.94 bits per heavy atom. The molecular weight excluding hydrogens is 264 g/mol. The van der Waals surface area contributed by atoms with Gasteiger partial charge in [-0.3, -0.25) is 0 Å². The van der Waals surface area contributed by atoms with E-state index in [9.17, 15) is 0 Å². The van der Waals surface area contributed by atoms with E-state index in [1.54, 1.807) is 6.20 Å². The van der Waals surface area contributed by atoms with Gasteiger partial charge in [-0.1, -0.05) is 46.3 Å². The van der Waals surface area contributed by atoms with E-state index in [0.717, 1.165) is 10.3 Å². The predicted octanol–water partition coefficient (Wildman–Crippen LogP) is 4.02. The molecule has 0 aliphatic carbocycles. The second-order valence-electron chi connectivity index (χ2n) is 3.64. The highest BCUT2D eigenvalue weighted by Gasteiger charge is 2.04. The zero-order chi connectivity index (χ0) is 11.4. The first-order valence-electron chi connectivity index (χ1n) is 5.19. The summed E-state index contributed by atoms with van der Waals surface area (Å²) in [5, 5.41) is 3.36. The number of nitrogens with zero attached hydrogens (tertiary/aromatic N) is 1. The number of pyridine rings is 1. The number of benzene rings is 1. The van der Waals surface area contributed by atoms with Crippen molar-refractivity contribution in [3.63, 3.8) is 0 Å². The molecule has 2 nitrogen and oxygen atoms in total. The molecule has 0 aliphatic rings. The van der Waals surface area contributed by atoms with E-state index in [4.69, 9.17) is 0 Å². The van der Waals surface area contributed by atoms with Crippen LogP contribution in [-0.4, -0.2) is 4.98 Å². The molecule has 1 heterocycles. The number of hydrogen-bond donors (Lipinski definition) is 1. The van der Waals surface area contributed by atoms with Crippen LogP contribution in [-0.2, 0) is 0 Å². The number of aromatic nitrogens is 1. The van der Waals surface area contributed by atoms with Crippen LogP contribution in [0.2, 0.25) is 0 Å². The van der Waals surface area contributed by atoms with Gasteiger partial charge in [-0.05, 0) is 24.6 Å².